The molecule has 0 radical (unpaired) electrons. The fourth-order valence-corrected chi connectivity index (χ4v) is 2.69. The molecule has 1 unspecified atom stereocenters. The third-order valence-corrected chi connectivity index (χ3v) is 4.06. The second kappa shape index (κ2) is 6.34. The molecule has 3 nitrogen and oxygen atoms in total. The highest BCUT2D eigenvalue weighted by atomic mass is 79.9. The Morgan fingerprint density at radius 2 is 2.39 bits per heavy atom. The molecule has 0 aromatic heterocycles. The lowest BCUT2D eigenvalue weighted by Crippen LogP contribution is -2.26. The van der Waals surface area contributed by atoms with Crippen LogP contribution in [-0.4, -0.2) is 25.5 Å². The molecular weight excluding hydrogens is 292 g/mol. The number of carbonyl (C=O) groups excluding carboxylic acids is 1. The van der Waals surface area contributed by atoms with Crippen LogP contribution in [0.15, 0.2) is 22.7 Å². The molecule has 2 rings (SSSR count). The topological polar surface area (TPSA) is 41.1 Å². The van der Waals surface area contributed by atoms with E-state index in [0.29, 0.717) is 5.92 Å². The van der Waals surface area contributed by atoms with Gasteiger partial charge in [-0.05, 0) is 66.8 Å². The predicted octanol–water partition coefficient (Wildman–Crippen LogP) is 2.49. The van der Waals surface area contributed by atoms with Gasteiger partial charge in [0.15, 0.2) is 0 Å². The highest BCUT2D eigenvalue weighted by molar-refractivity contribution is 9.10. The van der Waals surface area contributed by atoms with Crippen LogP contribution in [0.25, 0.3) is 0 Å². The summed E-state index contributed by atoms with van der Waals surface area (Å²) in [4.78, 5) is 12.0. The van der Waals surface area contributed by atoms with E-state index < -0.39 is 0 Å². The van der Waals surface area contributed by atoms with E-state index in [1.165, 1.54) is 6.42 Å². The van der Waals surface area contributed by atoms with Crippen LogP contribution in [0.1, 0.15) is 28.8 Å². The summed E-state index contributed by atoms with van der Waals surface area (Å²) in [6.45, 7) is 4.95. The summed E-state index contributed by atoms with van der Waals surface area (Å²) in [5.74, 6) is 0.725. The summed E-state index contributed by atoms with van der Waals surface area (Å²) in [7, 11) is 0. The minimum Gasteiger partial charge on any atom is -0.352 e. The van der Waals surface area contributed by atoms with Gasteiger partial charge in [-0.25, -0.2) is 0 Å². The van der Waals surface area contributed by atoms with Crippen molar-refractivity contribution in [3.63, 3.8) is 0 Å². The van der Waals surface area contributed by atoms with Crippen LogP contribution in [0.5, 0.6) is 0 Å². The van der Waals surface area contributed by atoms with Gasteiger partial charge >= 0.3 is 0 Å². The molecule has 1 saturated heterocycles. The van der Waals surface area contributed by atoms with E-state index in [0.717, 1.165) is 41.7 Å². The molecule has 1 aliphatic rings. The molecule has 1 atom stereocenters. The molecule has 1 aliphatic heterocycles. The highest BCUT2D eigenvalue weighted by Gasteiger charge is 2.15. The molecular formula is C14H19BrN2O. The first-order valence-corrected chi connectivity index (χ1v) is 7.21. The van der Waals surface area contributed by atoms with Gasteiger partial charge in [0.25, 0.3) is 5.91 Å². The first-order chi connectivity index (χ1) is 8.66. The molecule has 0 saturated carbocycles. The molecule has 2 N–H and O–H groups in total. The molecule has 0 spiro atoms. The van der Waals surface area contributed by atoms with Crippen molar-refractivity contribution in [1.82, 2.24) is 10.6 Å². The van der Waals surface area contributed by atoms with Gasteiger partial charge in [0, 0.05) is 11.0 Å². The van der Waals surface area contributed by atoms with E-state index in [2.05, 4.69) is 26.6 Å². The number of hydrogen-bond donors (Lipinski definition) is 2. The Hall–Kier alpha value is -0.870. The standard InChI is InChI=1S/C14H19BrN2O/c1-10-2-3-13(15)12(8-10)14(18)17-7-5-11-4-6-16-9-11/h2-3,8,11,16H,4-7,9H2,1H3,(H,17,18). The summed E-state index contributed by atoms with van der Waals surface area (Å²) in [6.07, 6.45) is 2.28. The lowest BCUT2D eigenvalue weighted by Gasteiger charge is -2.10. The molecule has 1 heterocycles. The molecule has 0 bridgehead atoms. The van der Waals surface area contributed by atoms with Crippen molar-refractivity contribution in [2.45, 2.75) is 19.8 Å². The van der Waals surface area contributed by atoms with Crippen molar-refractivity contribution < 1.29 is 4.79 Å². The SMILES string of the molecule is Cc1ccc(Br)c(C(=O)NCCC2CCNC2)c1. The third-order valence-electron chi connectivity index (χ3n) is 3.37. The maximum Gasteiger partial charge on any atom is 0.252 e. The Balaban J connectivity index is 1.85. The normalized spacial score (nSPS) is 18.9. The zero-order chi connectivity index (χ0) is 13.0. The summed E-state index contributed by atoms with van der Waals surface area (Å²) >= 11 is 3.42. The monoisotopic (exact) mass is 310 g/mol. The van der Waals surface area contributed by atoms with Gasteiger partial charge in [0.1, 0.15) is 0 Å². The minimum atomic E-state index is 0.0107. The second-order valence-corrected chi connectivity index (χ2v) is 5.74. The van der Waals surface area contributed by atoms with Gasteiger partial charge in [0.05, 0.1) is 5.56 Å². The summed E-state index contributed by atoms with van der Waals surface area (Å²) < 4.78 is 0.855. The number of hydrogen-bond acceptors (Lipinski definition) is 2. The van der Waals surface area contributed by atoms with Crippen LogP contribution in [0, 0.1) is 12.8 Å². The Labute approximate surface area is 116 Å². The molecule has 98 valence electrons. The highest BCUT2D eigenvalue weighted by Crippen LogP contribution is 2.18. The van der Waals surface area contributed by atoms with E-state index in [-0.39, 0.29) is 5.91 Å². The van der Waals surface area contributed by atoms with Crippen LogP contribution < -0.4 is 10.6 Å². The number of halogens is 1. The Bertz CT molecular complexity index is 428. The largest absolute Gasteiger partial charge is 0.352 e. The number of nitrogens with one attached hydrogen (secondary N) is 2. The van der Waals surface area contributed by atoms with Crippen molar-refractivity contribution in [3.8, 4) is 0 Å². The average Bonchev–Trinajstić information content (AvgIpc) is 2.85. The first-order valence-electron chi connectivity index (χ1n) is 6.42. The van der Waals surface area contributed by atoms with Crippen molar-refractivity contribution in [2.75, 3.05) is 19.6 Å². The maximum atomic E-state index is 12.0. The molecule has 0 aliphatic carbocycles. The van der Waals surface area contributed by atoms with E-state index in [1.54, 1.807) is 0 Å². The molecule has 1 amide bonds. The summed E-state index contributed by atoms with van der Waals surface area (Å²) in [5, 5.41) is 6.34. The van der Waals surface area contributed by atoms with Gasteiger partial charge in [-0.2, -0.15) is 0 Å². The van der Waals surface area contributed by atoms with E-state index in [1.807, 2.05) is 25.1 Å². The molecule has 1 fully saturated rings. The van der Waals surface area contributed by atoms with E-state index in [9.17, 15) is 4.79 Å². The quantitative estimate of drug-likeness (QED) is 0.897. The lowest BCUT2D eigenvalue weighted by atomic mass is 10.1. The maximum absolute atomic E-state index is 12.0. The smallest absolute Gasteiger partial charge is 0.252 e. The molecule has 4 heteroatoms. The van der Waals surface area contributed by atoms with Gasteiger partial charge in [-0.15, -0.1) is 0 Å². The number of benzene rings is 1. The van der Waals surface area contributed by atoms with Crippen molar-refractivity contribution in [2.24, 2.45) is 5.92 Å². The number of carbonyl (C=O) groups is 1. The third kappa shape index (κ3) is 3.56. The van der Waals surface area contributed by atoms with Gasteiger partial charge in [-0.1, -0.05) is 11.6 Å². The number of rotatable bonds is 4. The fraction of sp³-hybridized carbons (Fsp3) is 0.500. The lowest BCUT2D eigenvalue weighted by molar-refractivity contribution is 0.0951. The van der Waals surface area contributed by atoms with Crippen LogP contribution >= 0.6 is 15.9 Å². The van der Waals surface area contributed by atoms with E-state index >= 15 is 0 Å². The summed E-state index contributed by atoms with van der Waals surface area (Å²) in [5.41, 5.74) is 1.82. The predicted molar refractivity (Wildman–Crippen MR) is 76.8 cm³/mol. The van der Waals surface area contributed by atoms with Crippen LogP contribution in [-0.2, 0) is 0 Å². The van der Waals surface area contributed by atoms with Crippen LogP contribution in [0.2, 0.25) is 0 Å². The van der Waals surface area contributed by atoms with Crippen LogP contribution in [0.4, 0.5) is 0 Å². The second-order valence-electron chi connectivity index (χ2n) is 4.89. The van der Waals surface area contributed by atoms with Gasteiger partial charge in [-0.3, -0.25) is 4.79 Å². The van der Waals surface area contributed by atoms with Crippen molar-refractivity contribution >= 4 is 21.8 Å². The Morgan fingerprint density at radius 3 is 3.11 bits per heavy atom. The Kier molecular flexibility index (Phi) is 4.78. The molecule has 18 heavy (non-hydrogen) atoms. The van der Waals surface area contributed by atoms with Crippen molar-refractivity contribution in [1.29, 1.82) is 0 Å². The van der Waals surface area contributed by atoms with Crippen molar-refractivity contribution in [3.05, 3.63) is 33.8 Å². The first kappa shape index (κ1) is 13.6. The summed E-state index contributed by atoms with van der Waals surface area (Å²) in [6, 6.07) is 5.83. The zero-order valence-electron chi connectivity index (χ0n) is 10.6. The number of amides is 1. The molecule has 1 aromatic rings. The number of aryl methyl sites for hydroxylation is 1. The Morgan fingerprint density at radius 1 is 1.56 bits per heavy atom. The molecule has 1 aromatic carbocycles. The zero-order valence-corrected chi connectivity index (χ0v) is 12.2. The van der Waals surface area contributed by atoms with Gasteiger partial charge < -0.3 is 10.6 Å². The van der Waals surface area contributed by atoms with Gasteiger partial charge in [0.2, 0.25) is 0 Å². The fourth-order valence-electron chi connectivity index (χ4n) is 2.26. The minimum absolute atomic E-state index is 0.0107. The average molecular weight is 311 g/mol. The van der Waals surface area contributed by atoms with Crippen LogP contribution in [0.3, 0.4) is 0 Å². The van der Waals surface area contributed by atoms with E-state index in [4.69, 9.17) is 0 Å².